The summed E-state index contributed by atoms with van der Waals surface area (Å²) in [7, 11) is 0. The Kier molecular flexibility index (Phi) is 3.39. The summed E-state index contributed by atoms with van der Waals surface area (Å²) in [6, 6.07) is 4.97. The molecule has 0 aliphatic rings. The lowest BCUT2D eigenvalue weighted by molar-refractivity contribution is -0.136. The summed E-state index contributed by atoms with van der Waals surface area (Å²) in [5.74, 6) is 4.40. The number of hydrogen-bond donors (Lipinski definition) is 1. The fourth-order valence-corrected chi connectivity index (χ4v) is 1.44. The quantitative estimate of drug-likeness (QED) is 0.594. The normalized spacial score (nSPS) is 9.61. The molecule has 0 atom stereocenters. The first-order chi connectivity index (χ1) is 8.70. The Morgan fingerprint density at radius 2 is 2.33 bits per heavy atom. The van der Waals surface area contributed by atoms with Gasteiger partial charge in [-0.25, -0.2) is 9.78 Å². The lowest BCUT2D eigenvalue weighted by Crippen LogP contribution is -2.06. The maximum atomic E-state index is 11.5. The van der Waals surface area contributed by atoms with E-state index in [0.29, 0.717) is 16.5 Å². The Labute approximate surface area is 103 Å². The predicted octanol–water partition coefficient (Wildman–Crippen LogP) is 0.838. The molecule has 0 spiro atoms. The van der Waals surface area contributed by atoms with Gasteiger partial charge in [-0.15, -0.1) is 0 Å². The van der Waals surface area contributed by atoms with E-state index in [1.165, 1.54) is 6.33 Å². The van der Waals surface area contributed by atoms with Crippen molar-refractivity contribution in [2.24, 2.45) is 0 Å². The van der Waals surface area contributed by atoms with Crippen LogP contribution in [0.2, 0.25) is 0 Å². The first kappa shape index (κ1) is 11.9. The van der Waals surface area contributed by atoms with Crippen molar-refractivity contribution in [2.45, 2.75) is 6.92 Å². The second-order valence-electron chi connectivity index (χ2n) is 3.43. The molecular weight excluding hydrogens is 232 g/mol. The molecule has 0 saturated heterocycles. The van der Waals surface area contributed by atoms with Gasteiger partial charge in [-0.1, -0.05) is 5.92 Å². The van der Waals surface area contributed by atoms with Gasteiger partial charge in [0, 0.05) is 11.5 Å². The van der Waals surface area contributed by atoms with E-state index in [9.17, 15) is 9.59 Å². The minimum Gasteiger partial charge on any atom is -0.456 e. The van der Waals surface area contributed by atoms with Gasteiger partial charge in [-0.2, -0.15) is 0 Å². The average molecular weight is 242 g/mol. The highest BCUT2D eigenvalue weighted by molar-refractivity contribution is 5.89. The van der Waals surface area contributed by atoms with Gasteiger partial charge in [-0.3, -0.25) is 4.79 Å². The maximum Gasteiger partial charge on any atom is 0.384 e. The molecule has 2 rings (SSSR count). The van der Waals surface area contributed by atoms with Gasteiger partial charge >= 0.3 is 5.97 Å². The van der Waals surface area contributed by atoms with Crippen LogP contribution in [0.1, 0.15) is 12.5 Å². The van der Waals surface area contributed by atoms with Crippen LogP contribution in [0, 0.1) is 11.8 Å². The molecular formula is C13H10N2O3. The van der Waals surface area contributed by atoms with Crippen molar-refractivity contribution in [1.29, 1.82) is 0 Å². The van der Waals surface area contributed by atoms with Crippen molar-refractivity contribution in [3.05, 3.63) is 40.4 Å². The second kappa shape index (κ2) is 5.15. The van der Waals surface area contributed by atoms with E-state index < -0.39 is 5.97 Å². The molecule has 0 unspecified atom stereocenters. The summed E-state index contributed by atoms with van der Waals surface area (Å²) in [6.45, 7) is 2.00. The Morgan fingerprint density at radius 3 is 3.11 bits per heavy atom. The number of esters is 1. The molecule has 1 N–H and O–H groups in total. The van der Waals surface area contributed by atoms with E-state index in [4.69, 9.17) is 0 Å². The summed E-state index contributed by atoms with van der Waals surface area (Å²) in [5, 5.41) is 0.438. The van der Waals surface area contributed by atoms with Crippen LogP contribution in [0.15, 0.2) is 29.3 Å². The third-order valence-corrected chi connectivity index (χ3v) is 2.22. The average Bonchev–Trinajstić information content (AvgIpc) is 2.37. The summed E-state index contributed by atoms with van der Waals surface area (Å²) < 4.78 is 4.68. The summed E-state index contributed by atoms with van der Waals surface area (Å²) in [5.41, 5.74) is 0.911. The molecule has 5 heteroatoms. The van der Waals surface area contributed by atoms with Crippen LogP contribution in [0.5, 0.6) is 0 Å². The number of benzene rings is 1. The third kappa shape index (κ3) is 2.55. The number of hydrogen-bond acceptors (Lipinski definition) is 4. The van der Waals surface area contributed by atoms with Crippen LogP contribution in [0.4, 0.5) is 0 Å². The highest BCUT2D eigenvalue weighted by Gasteiger charge is 2.00. The first-order valence-corrected chi connectivity index (χ1v) is 5.37. The lowest BCUT2D eigenvalue weighted by Gasteiger charge is -1.96. The number of nitrogens with zero attached hydrogens (tertiary/aromatic N) is 1. The molecule has 1 aromatic carbocycles. The van der Waals surface area contributed by atoms with Gasteiger partial charge in [0.15, 0.2) is 0 Å². The van der Waals surface area contributed by atoms with Gasteiger partial charge in [0.05, 0.1) is 23.8 Å². The zero-order chi connectivity index (χ0) is 13.0. The Balaban J connectivity index is 2.39. The fraction of sp³-hybridized carbons (Fsp3) is 0.154. The largest absolute Gasteiger partial charge is 0.456 e. The summed E-state index contributed by atoms with van der Waals surface area (Å²) in [4.78, 5) is 29.1. The summed E-state index contributed by atoms with van der Waals surface area (Å²) in [6.07, 6.45) is 1.34. The lowest BCUT2D eigenvalue weighted by atomic mass is 10.1. The zero-order valence-corrected chi connectivity index (χ0v) is 9.69. The van der Waals surface area contributed by atoms with E-state index in [2.05, 4.69) is 26.5 Å². The molecule has 0 aliphatic heterocycles. The third-order valence-electron chi connectivity index (χ3n) is 2.22. The molecule has 0 aliphatic carbocycles. The monoisotopic (exact) mass is 242 g/mol. The molecule has 5 nitrogen and oxygen atoms in total. The molecule has 18 heavy (non-hydrogen) atoms. The van der Waals surface area contributed by atoms with Gasteiger partial charge < -0.3 is 9.72 Å². The topological polar surface area (TPSA) is 72.0 Å². The number of aromatic nitrogens is 2. The SMILES string of the molecule is CCOC(=O)C#Cc1ccc2nc[nH]c(=O)c2c1. The predicted molar refractivity (Wildman–Crippen MR) is 65.9 cm³/mol. The van der Waals surface area contributed by atoms with Gasteiger partial charge in [0.1, 0.15) is 0 Å². The molecule has 2 aromatic rings. The van der Waals surface area contributed by atoms with Crippen molar-refractivity contribution in [2.75, 3.05) is 6.61 Å². The van der Waals surface area contributed by atoms with E-state index in [1.54, 1.807) is 25.1 Å². The van der Waals surface area contributed by atoms with Gasteiger partial charge in [0.2, 0.25) is 0 Å². The van der Waals surface area contributed by atoms with Crippen molar-refractivity contribution < 1.29 is 9.53 Å². The zero-order valence-electron chi connectivity index (χ0n) is 9.69. The van der Waals surface area contributed by atoms with Crippen LogP contribution in [0.25, 0.3) is 10.9 Å². The first-order valence-electron chi connectivity index (χ1n) is 5.37. The van der Waals surface area contributed by atoms with E-state index >= 15 is 0 Å². The number of nitrogens with one attached hydrogen (secondary N) is 1. The number of H-pyrrole nitrogens is 1. The van der Waals surface area contributed by atoms with E-state index in [0.717, 1.165) is 0 Å². The molecule has 0 radical (unpaired) electrons. The molecule has 0 bridgehead atoms. The smallest absolute Gasteiger partial charge is 0.384 e. The molecule has 1 heterocycles. The minimum atomic E-state index is -0.585. The van der Waals surface area contributed by atoms with Crippen LogP contribution in [0.3, 0.4) is 0 Å². The van der Waals surface area contributed by atoms with E-state index in [-0.39, 0.29) is 12.2 Å². The van der Waals surface area contributed by atoms with Crippen LogP contribution < -0.4 is 5.56 Å². The summed E-state index contributed by atoms with van der Waals surface area (Å²) >= 11 is 0. The number of carbonyl (C=O) groups is 1. The van der Waals surface area contributed by atoms with Crippen molar-refractivity contribution in [1.82, 2.24) is 9.97 Å². The van der Waals surface area contributed by atoms with E-state index in [1.807, 2.05) is 0 Å². The van der Waals surface area contributed by atoms with Crippen molar-refractivity contribution >= 4 is 16.9 Å². The number of aromatic amines is 1. The molecule has 0 fully saturated rings. The van der Waals surface area contributed by atoms with Crippen molar-refractivity contribution in [3.8, 4) is 11.8 Å². The van der Waals surface area contributed by atoms with Crippen LogP contribution >= 0.6 is 0 Å². The highest BCUT2D eigenvalue weighted by Crippen LogP contribution is 2.08. The Morgan fingerprint density at radius 1 is 1.50 bits per heavy atom. The molecule has 0 saturated carbocycles. The van der Waals surface area contributed by atoms with Gasteiger partial charge in [0.25, 0.3) is 5.56 Å². The minimum absolute atomic E-state index is 0.236. The van der Waals surface area contributed by atoms with Crippen LogP contribution in [-0.4, -0.2) is 22.5 Å². The highest BCUT2D eigenvalue weighted by atomic mass is 16.5. The van der Waals surface area contributed by atoms with Crippen LogP contribution in [-0.2, 0) is 9.53 Å². The maximum absolute atomic E-state index is 11.5. The molecule has 0 amide bonds. The standard InChI is InChI=1S/C13H10N2O3/c1-2-18-12(16)6-4-9-3-5-11-10(7-9)13(17)15-8-14-11/h3,5,7-8H,2H2,1H3,(H,14,15,17). The van der Waals surface area contributed by atoms with Gasteiger partial charge in [-0.05, 0) is 25.1 Å². The number of ether oxygens (including phenoxy) is 1. The Hall–Kier alpha value is -2.61. The second-order valence-corrected chi connectivity index (χ2v) is 3.43. The molecule has 1 aromatic heterocycles. The number of rotatable bonds is 1. The fourth-order valence-electron chi connectivity index (χ4n) is 1.44. The number of carbonyl (C=O) groups excluding carboxylic acids is 1. The number of fused-ring (bicyclic) bond motifs is 1. The Bertz CT molecular complexity index is 707. The molecule has 90 valence electrons. The van der Waals surface area contributed by atoms with Crippen molar-refractivity contribution in [3.63, 3.8) is 0 Å².